The number of aliphatic carboxylic acids is 4. The van der Waals surface area contributed by atoms with E-state index in [9.17, 15) is 70.2 Å². The molecule has 0 unspecified atom stereocenters. The zero-order valence-corrected chi connectivity index (χ0v) is 33.5. The van der Waals surface area contributed by atoms with E-state index < -0.39 is 130 Å². The Bertz CT molecular complexity index is 1780. The standard InChI is InChI=1S/C41H58O18/c1-16-8-11-41(36(54)55)13-12-38(3)17(18(41)14-16)6-7-20-37(2)15-19(42)30(40(5,35(52)53)21(37)9-10-39(20,38)4)59-34-26(47)27(25(46)29(58-34)32(50)51)56-33-24(45)22(43)23(44)28(57-33)31(48)49/h6,18-30,33-34,42-47H,1,7-15H2,2-5H3,(H,48,49)(H,50,51)(H,52,53)(H,54,55)/t18-,19-,20+,21+,22-,23-,24+,25-,26+,27-,28-,29-,30-,33+,34-,37+,38+,39+,40-,41-/m0/s1. The summed E-state index contributed by atoms with van der Waals surface area (Å²) >= 11 is 0. The largest absolute Gasteiger partial charge is 0.481 e. The summed E-state index contributed by atoms with van der Waals surface area (Å²) in [5.74, 6) is -6.66. The van der Waals surface area contributed by atoms with Gasteiger partial charge in [-0.2, -0.15) is 0 Å². The second-order valence-electron chi connectivity index (χ2n) is 19.3. The number of hydrogen-bond acceptors (Lipinski definition) is 14. The third-order valence-electron chi connectivity index (χ3n) is 16.7. The zero-order valence-electron chi connectivity index (χ0n) is 33.5. The number of ether oxygens (including phenoxy) is 4. The molecule has 4 saturated carbocycles. The fraction of sp³-hybridized carbons (Fsp3) is 0.805. The molecule has 2 aliphatic heterocycles. The van der Waals surface area contributed by atoms with Crippen LogP contribution < -0.4 is 0 Å². The molecule has 0 amide bonds. The molecule has 18 heteroatoms. The molecule has 6 fully saturated rings. The minimum Gasteiger partial charge on any atom is -0.481 e. The number of hydrogen-bond donors (Lipinski definition) is 10. The Morgan fingerprint density at radius 3 is 1.93 bits per heavy atom. The fourth-order valence-corrected chi connectivity index (χ4v) is 13.3. The molecule has 18 nitrogen and oxygen atoms in total. The normalized spacial score (nSPS) is 52.1. The van der Waals surface area contributed by atoms with Crippen molar-refractivity contribution >= 4 is 23.9 Å². The van der Waals surface area contributed by atoms with E-state index in [0.29, 0.717) is 51.4 Å². The summed E-state index contributed by atoms with van der Waals surface area (Å²) < 4.78 is 22.3. The number of carbonyl (C=O) groups is 4. The van der Waals surface area contributed by atoms with Crippen molar-refractivity contribution in [2.45, 2.75) is 159 Å². The number of carboxylic acid groups (broad SMARTS) is 4. The van der Waals surface area contributed by atoms with Crippen LogP contribution in [0.4, 0.5) is 0 Å². The Labute approximate surface area is 340 Å². The highest BCUT2D eigenvalue weighted by molar-refractivity contribution is 5.77. The molecule has 0 radical (unpaired) electrons. The molecule has 0 aromatic heterocycles. The summed E-state index contributed by atoms with van der Waals surface area (Å²) in [7, 11) is 0. The van der Waals surface area contributed by atoms with Crippen molar-refractivity contribution in [2.75, 3.05) is 0 Å². The van der Waals surface area contributed by atoms with Gasteiger partial charge >= 0.3 is 23.9 Å². The average Bonchev–Trinajstić information content (AvgIpc) is 3.15. The SMILES string of the molecule is C=C1CC[C@]2(C(=O)O)CC[C@]3(C)C(=CC[C@@H]4[C@@]5(C)C[C@H](O)[C@H](O[C@@H]6O[C@H](C(=O)O)[C@@H](O)[C@H](O[C@@H]7O[C@H](C(=O)O)[C@@H](O)[C@H](O)[C@H]7O)[C@H]6O)[C@@](C)(C(=O)O)[C@@H]5CC[C@]43C)[C@@H]2C1. The Hall–Kier alpha value is -3.04. The van der Waals surface area contributed by atoms with Gasteiger partial charge in [0.2, 0.25) is 0 Å². The third kappa shape index (κ3) is 6.26. The van der Waals surface area contributed by atoms with E-state index in [0.717, 1.165) is 11.1 Å². The highest BCUT2D eigenvalue weighted by Crippen LogP contribution is 2.75. The maximum Gasteiger partial charge on any atom is 0.335 e. The summed E-state index contributed by atoms with van der Waals surface area (Å²) in [6.07, 6.45) is -18.0. The van der Waals surface area contributed by atoms with Crippen LogP contribution in [0.5, 0.6) is 0 Å². The van der Waals surface area contributed by atoms with Crippen molar-refractivity contribution in [1.82, 2.24) is 0 Å². The summed E-state index contributed by atoms with van der Waals surface area (Å²) in [6, 6.07) is 0. The van der Waals surface area contributed by atoms with Gasteiger partial charge in [0.05, 0.1) is 16.9 Å². The minimum atomic E-state index is -2.22. The van der Waals surface area contributed by atoms with Gasteiger partial charge in [0.25, 0.3) is 0 Å². The van der Waals surface area contributed by atoms with Crippen molar-refractivity contribution in [2.24, 2.45) is 44.8 Å². The molecule has 2 saturated heterocycles. The minimum absolute atomic E-state index is 0.0383. The van der Waals surface area contributed by atoms with E-state index in [2.05, 4.69) is 26.5 Å². The molecule has 7 rings (SSSR count). The van der Waals surface area contributed by atoms with Crippen LogP contribution in [-0.2, 0) is 38.1 Å². The van der Waals surface area contributed by atoms with Gasteiger partial charge in [0, 0.05) is 5.92 Å². The number of aliphatic hydroxyl groups is 6. The van der Waals surface area contributed by atoms with E-state index in [-0.39, 0.29) is 18.3 Å². The number of carboxylic acids is 4. The molecular formula is C41H58O18. The van der Waals surface area contributed by atoms with Crippen LogP contribution in [0.15, 0.2) is 23.8 Å². The highest BCUT2D eigenvalue weighted by Gasteiger charge is 2.72. The molecular weight excluding hydrogens is 780 g/mol. The quantitative estimate of drug-likeness (QED) is 0.118. The van der Waals surface area contributed by atoms with Crippen molar-refractivity contribution in [3.8, 4) is 0 Å². The predicted octanol–water partition coefficient (Wildman–Crippen LogP) is 0.632. The van der Waals surface area contributed by atoms with Crippen LogP contribution in [0.3, 0.4) is 0 Å². The highest BCUT2D eigenvalue weighted by atomic mass is 16.7. The summed E-state index contributed by atoms with van der Waals surface area (Å²) in [5.41, 5.74) is -2.29. The van der Waals surface area contributed by atoms with Crippen LogP contribution in [0, 0.1) is 44.8 Å². The lowest BCUT2D eigenvalue weighted by molar-refractivity contribution is -0.366. The van der Waals surface area contributed by atoms with Gasteiger partial charge < -0.3 is 70.0 Å². The topological polar surface area (TPSA) is 307 Å². The molecule has 5 aliphatic carbocycles. The van der Waals surface area contributed by atoms with Crippen molar-refractivity contribution in [3.05, 3.63) is 23.8 Å². The van der Waals surface area contributed by atoms with Crippen molar-refractivity contribution in [3.63, 3.8) is 0 Å². The first kappa shape index (κ1) is 44.0. The molecule has 0 spiro atoms. The summed E-state index contributed by atoms with van der Waals surface area (Å²) in [5, 5.41) is 107. The molecule has 59 heavy (non-hydrogen) atoms. The monoisotopic (exact) mass is 838 g/mol. The molecule has 0 aromatic carbocycles. The van der Waals surface area contributed by atoms with E-state index >= 15 is 0 Å². The Morgan fingerprint density at radius 1 is 0.729 bits per heavy atom. The third-order valence-corrected chi connectivity index (χ3v) is 16.7. The van der Waals surface area contributed by atoms with Gasteiger partial charge in [0.1, 0.15) is 42.7 Å². The van der Waals surface area contributed by atoms with Crippen molar-refractivity contribution < 1.29 is 89.2 Å². The molecule has 20 atom stereocenters. The second kappa shape index (κ2) is 14.8. The van der Waals surface area contributed by atoms with Gasteiger partial charge in [-0.3, -0.25) is 9.59 Å². The van der Waals surface area contributed by atoms with Gasteiger partial charge in [-0.1, -0.05) is 44.6 Å². The lowest BCUT2D eigenvalue weighted by Gasteiger charge is -2.71. The number of fused-ring (bicyclic) bond motifs is 7. The maximum absolute atomic E-state index is 13.6. The summed E-state index contributed by atoms with van der Waals surface area (Å²) in [4.78, 5) is 50.6. The van der Waals surface area contributed by atoms with Gasteiger partial charge in [-0.15, -0.1) is 0 Å². The second-order valence-corrected chi connectivity index (χ2v) is 19.3. The van der Waals surface area contributed by atoms with Gasteiger partial charge in [0.15, 0.2) is 24.8 Å². The lowest BCUT2D eigenvalue weighted by Crippen LogP contribution is -2.70. The smallest absolute Gasteiger partial charge is 0.335 e. The van der Waals surface area contributed by atoms with Crippen LogP contribution in [0.1, 0.15) is 85.5 Å². The van der Waals surface area contributed by atoms with Gasteiger partial charge in [-0.25, -0.2) is 9.59 Å². The number of allylic oxidation sites excluding steroid dienone is 3. The number of rotatable bonds is 8. The first-order valence-corrected chi connectivity index (χ1v) is 20.4. The number of aliphatic hydroxyl groups excluding tert-OH is 6. The Morgan fingerprint density at radius 2 is 1.34 bits per heavy atom. The molecule has 0 aromatic rings. The van der Waals surface area contributed by atoms with Crippen LogP contribution in [0.25, 0.3) is 0 Å². The molecule has 2 heterocycles. The molecule has 0 bridgehead atoms. The first-order chi connectivity index (χ1) is 27.4. The molecule has 330 valence electrons. The van der Waals surface area contributed by atoms with Crippen LogP contribution in [0.2, 0.25) is 0 Å². The van der Waals surface area contributed by atoms with Crippen molar-refractivity contribution in [1.29, 1.82) is 0 Å². The van der Waals surface area contributed by atoms with Gasteiger partial charge in [-0.05, 0) is 92.8 Å². The summed E-state index contributed by atoms with van der Waals surface area (Å²) in [6.45, 7) is 12.1. The Balaban J connectivity index is 1.19. The lowest BCUT2D eigenvalue weighted by atomic mass is 9.33. The average molecular weight is 839 g/mol. The predicted molar refractivity (Wildman–Crippen MR) is 198 cm³/mol. The molecule has 7 aliphatic rings. The van der Waals surface area contributed by atoms with E-state index in [4.69, 9.17) is 18.9 Å². The zero-order chi connectivity index (χ0) is 43.5. The van der Waals surface area contributed by atoms with E-state index in [1.54, 1.807) is 0 Å². The fourth-order valence-electron chi connectivity index (χ4n) is 13.3. The first-order valence-electron chi connectivity index (χ1n) is 20.4. The van der Waals surface area contributed by atoms with E-state index in [1.165, 1.54) is 6.92 Å². The van der Waals surface area contributed by atoms with Crippen LogP contribution >= 0.6 is 0 Å². The molecule has 10 N–H and O–H groups in total. The van der Waals surface area contributed by atoms with E-state index in [1.807, 2.05) is 6.92 Å². The Kier molecular flexibility index (Phi) is 11.0. The van der Waals surface area contributed by atoms with Crippen LogP contribution in [-0.4, -0.2) is 149 Å². The maximum atomic E-state index is 13.6.